The van der Waals surface area contributed by atoms with Crippen LogP contribution in [-0.4, -0.2) is 28.0 Å². The molecular formula is C14H20N4O2. The number of aliphatic hydroxyl groups is 1. The molecule has 1 heterocycles. The van der Waals surface area contributed by atoms with Crippen LogP contribution in [0.15, 0.2) is 28.7 Å². The largest absolute Gasteiger partial charge is 0.406 e. The Morgan fingerprint density at radius 2 is 1.95 bits per heavy atom. The fourth-order valence-corrected chi connectivity index (χ4v) is 1.67. The molecule has 108 valence electrons. The van der Waals surface area contributed by atoms with Crippen LogP contribution in [0.4, 0.5) is 11.7 Å². The second-order valence-corrected chi connectivity index (χ2v) is 4.83. The summed E-state index contributed by atoms with van der Waals surface area (Å²) in [6, 6.07) is 8.49. The Hall–Kier alpha value is -1.92. The van der Waals surface area contributed by atoms with Gasteiger partial charge in [-0.15, -0.1) is 5.10 Å². The van der Waals surface area contributed by atoms with Crippen molar-refractivity contribution in [2.45, 2.75) is 32.9 Å². The Balaban J connectivity index is 1.92. The summed E-state index contributed by atoms with van der Waals surface area (Å²) in [6.07, 6.45) is 0.659. The molecule has 0 atom stereocenters. The van der Waals surface area contributed by atoms with Gasteiger partial charge in [0, 0.05) is 18.3 Å². The van der Waals surface area contributed by atoms with Gasteiger partial charge in [-0.05, 0) is 24.1 Å². The molecule has 0 spiro atoms. The third-order valence-electron chi connectivity index (χ3n) is 2.73. The van der Waals surface area contributed by atoms with Crippen LogP contribution in [0.1, 0.15) is 25.3 Å². The van der Waals surface area contributed by atoms with Gasteiger partial charge in [0.1, 0.15) is 0 Å². The highest BCUT2D eigenvalue weighted by Gasteiger charge is 2.06. The van der Waals surface area contributed by atoms with Gasteiger partial charge in [-0.2, -0.15) is 0 Å². The molecule has 0 aliphatic rings. The molecule has 2 rings (SSSR count). The van der Waals surface area contributed by atoms with Crippen LogP contribution >= 0.6 is 0 Å². The molecule has 6 nitrogen and oxygen atoms in total. The van der Waals surface area contributed by atoms with Crippen molar-refractivity contribution >= 4 is 11.7 Å². The van der Waals surface area contributed by atoms with E-state index in [4.69, 9.17) is 9.52 Å². The first kappa shape index (κ1) is 14.5. The molecule has 2 aromatic rings. The lowest BCUT2D eigenvalue weighted by Crippen LogP contribution is -2.21. The third-order valence-corrected chi connectivity index (χ3v) is 2.73. The molecule has 0 fully saturated rings. The maximum atomic E-state index is 8.86. The molecule has 0 saturated carbocycles. The van der Waals surface area contributed by atoms with Crippen molar-refractivity contribution in [3.63, 3.8) is 0 Å². The van der Waals surface area contributed by atoms with Crippen molar-refractivity contribution in [3.8, 4) is 0 Å². The number of nitrogens with one attached hydrogen (secondary N) is 2. The number of hydrogen-bond donors (Lipinski definition) is 3. The minimum atomic E-state index is 0.155. The van der Waals surface area contributed by atoms with Gasteiger partial charge in [-0.3, -0.25) is 0 Å². The molecule has 1 aromatic heterocycles. The Morgan fingerprint density at radius 3 is 2.60 bits per heavy atom. The highest BCUT2D eigenvalue weighted by molar-refractivity contribution is 5.52. The predicted octanol–water partition coefficient (Wildman–Crippen LogP) is 1.85. The van der Waals surface area contributed by atoms with Gasteiger partial charge in [0.15, 0.2) is 0 Å². The smallest absolute Gasteiger partial charge is 0.320 e. The zero-order valence-electron chi connectivity index (χ0n) is 11.8. The van der Waals surface area contributed by atoms with Gasteiger partial charge in [-0.1, -0.05) is 31.1 Å². The van der Waals surface area contributed by atoms with Crippen LogP contribution in [0, 0.1) is 0 Å². The molecule has 0 bridgehead atoms. The number of rotatable bonds is 7. The topological polar surface area (TPSA) is 83.2 Å². The molecule has 0 unspecified atom stereocenters. The maximum absolute atomic E-state index is 8.86. The van der Waals surface area contributed by atoms with Gasteiger partial charge < -0.3 is 20.2 Å². The standard InChI is InChI=1S/C14H20N4O2/c1-10(2)15-9-13-17-18-14(20-13)16-12-5-3-11(4-6-12)7-8-19/h3-6,10,15,19H,7-9H2,1-2H3,(H,16,18). The second-order valence-electron chi connectivity index (χ2n) is 4.83. The molecule has 20 heavy (non-hydrogen) atoms. The van der Waals surface area contributed by atoms with Gasteiger partial charge in [0.05, 0.1) is 6.54 Å². The van der Waals surface area contributed by atoms with E-state index in [1.807, 2.05) is 24.3 Å². The minimum absolute atomic E-state index is 0.155. The molecule has 0 aliphatic heterocycles. The first-order valence-corrected chi connectivity index (χ1v) is 6.70. The summed E-state index contributed by atoms with van der Waals surface area (Å²) in [5.74, 6) is 0.554. The molecule has 0 amide bonds. The van der Waals surface area contributed by atoms with Crippen LogP contribution < -0.4 is 10.6 Å². The van der Waals surface area contributed by atoms with Gasteiger partial charge in [-0.25, -0.2) is 0 Å². The van der Waals surface area contributed by atoms with Crippen molar-refractivity contribution in [1.29, 1.82) is 0 Å². The molecular weight excluding hydrogens is 256 g/mol. The summed E-state index contributed by atoms with van der Waals surface area (Å²) in [5, 5.41) is 23.0. The van der Waals surface area contributed by atoms with Crippen molar-refractivity contribution in [2.24, 2.45) is 0 Å². The minimum Gasteiger partial charge on any atom is -0.406 e. The van der Waals surface area contributed by atoms with Crippen LogP contribution in [0.25, 0.3) is 0 Å². The van der Waals surface area contributed by atoms with Crippen LogP contribution in [0.2, 0.25) is 0 Å². The Labute approximate surface area is 118 Å². The Bertz CT molecular complexity index is 522. The highest BCUT2D eigenvalue weighted by Crippen LogP contribution is 2.16. The summed E-state index contributed by atoms with van der Waals surface area (Å²) < 4.78 is 5.48. The molecule has 0 saturated heterocycles. The van der Waals surface area contributed by atoms with E-state index in [1.54, 1.807) is 0 Å². The molecule has 0 aliphatic carbocycles. The van der Waals surface area contributed by atoms with E-state index in [-0.39, 0.29) is 6.61 Å². The Morgan fingerprint density at radius 1 is 1.20 bits per heavy atom. The van der Waals surface area contributed by atoms with E-state index in [0.717, 1.165) is 11.3 Å². The third kappa shape index (κ3) is 4.32. The lowest BCUT2D eigenvalue weighted by Gasteiger charge is -2.04. The maximum Gasteiger partial charge on any atom is 0.320 e. The summed E-state index contributed by atoms with van der Waals surface area (Å²) in [6.45, 7) is 4.83. The monoisotopic (exact) mass is 276 g/mol. The zero-order valence-corrected chi connectivity index (χ0v) is 11.8. The van der Waals surface area contributed by atoms with Crippen molar-refractivity contribution in [2.75, 3.05) is 11.9 Å². The number of hydrogen-bond acceptors (Lipinski definition) is 6. The van der Waals surface area contributed by atoms with Crippen LogP contribution in [0.5, 0.6) is 0 Å². The quantitative estimate of drug-likeness (QED) is 0.716. The zero-order chi connectivity index (χ0) is 14.4. The van der Waals surface area contributed by atoms with Gasteiger partial charge >= 0.3 is 6.01 Å². The van der Waals surface area contributed by atoms with E-state index in [9.17, 15) is 0 Å². The van der Waals surface area contributed by atoms with Crippen LogP contribution in [-0.2, 0) is 13.0 Å². The molecule has 3 N–H and O–H groups in total. The molecule has 6 heteroatoms. The molecule has 0 radical (unpaired) electrons. The average molecular weight is 276 g/mol. The number of benzene rings is 1. The van der Waals surface area contributed by atoms with E-state index >= 15 is 0 Å². The summed E-state index contributed by atoms with van der Waals surface area (Å²) in [7, 11) is 0. The Kier molecular flexibility index (Phi) is 5.09. The summed E-state index contributed by atoms with van der Waals surface area (Å²) in [4.78, 5) is 0. The second kappa shape index (κ2) is 7.02. The van der Waals surface area contributed by atoms with E-state index < -0.39 is 0 Å². The summed E-state index contributed by atoms with van der Waals surface area (Å²) >= 11 is 0. The van der Waals surface area contributed by atoms with E-state index in [0.29, 0.717) is 30.9 Å². The number of aromatic nitrogens is 2. The van der Waals surface area contributed by atoms with Gasteiger partial charge in [0.2, 0.25) is 5.89 Å². The number of anilines is 2. The van der Waals surface area contributed by atoms with Crippen molar-refractivity contribution in [1.82, 2.24) is 15.5 Å². The molecule has 1 aromatic carbocycles. The van der Waals surface area contributed by atoms with Crippen LogP contribution in [0.3, 0.4) is 0 Å². The average Bonchev–Trinajstić information content (AvgIpc) is 2.87. The van der Waals surface area contributed by atoms with Gasteiger partial charge in [0.25, 0.3) is 0 Å². The SMILES string of the molecule is CC(C)NCc1nnc(Nc2ccc(CCO)cc2)o1. The normalized spacial score (nSPS) is 11.0. The van der Waals surface area contributed by atoms with Crippen molar-refractivity contribution < 1.29 is 9.52 Å². The van der Waals surface area contributed by atoms with E-state index in [1.165, 1.54) is 0 Å². The number of nitrogens with zero attached hydrogens (tertiary/aromatic N) is 2. The number of aliphatic hydroxyl groups excluding tert-OH is 1. The fraction of sp³-hybridized carbons (Fsp3) is 0.429. The lowest BCUT2D eigenvalue weighted by molar-refractivity contribution is 0.299. The first-order chi connectivity index (χ1) is 9.67. The first-order valence-electron chi connectivity index (χ1n) is 6.70. The lowest BCUT2D eigenvalue weighted by atomic mass is 10.1. The van der Waals surface area contributed by atoms with Crippen molar-refractivity contribution in [3.05, 3.63) is 35.7 Å². The predicted molar refractivity (Wildman–Crippen MR) is 76.8 cm³/mol. The summed E-state index contributed by atoms with van der Waals surface area (Å²) in [5.41, 5.74) is 1.96. The highest BCUT2D eigenvalue weighted by atomic mass is 16.4. The fourth-order valence-electron chi connectivity index (χ4n) is 1.67. The van der Waals surface area contributed by atoms with E-state index in [2.05, 4.69) is 34.7 Å².